The lowest BCUT2D eigenvalue weighted by Crippen LogP contribution is -2.04. The van der Waals surface area contributed by atoms with Gasteiger partial charge >= 0.3 is 0 Å². The van der Waals surface area contributed by atoms with Gasteiger partial charge in [-0.1, -0.05) is 12.1 Å². The second-order valence-electron chi connectivity index (χ2n) is 5.45. The molecule has 1 N–H and O–H groups in total. The maximum absolute atomic E-state index is 8.90. The van der Waals surface area contributed by atoms with Gasteiger partial charge in [-0.25, -0.2) is 0 Å². The third kappa shape index (κ3) is 2.73. The van der Waals surface area contributed by atoms with Gasteiger partial charge in [0.2, 0.25) is 0 Å². The summed E-state index contributed by atoms with van der Waals surface area (Å²) in [5, 5.41) is 24.6. The van der Waals surface area contributed by atoms with E-state index in [2.05, 4.69) is 40.7 Å². The Morgan fingerprint density at radius 3 is 2.43 bits per heavy atom. The Hall–Kier alpha value is -3.31. The molecule has 5 heteroatoms. The maximum atomic E-state index is 8.90. The molecule has 3 aromatic rings. The van der Waals surface area contributed by atoms with Crippen molar-refractivity contribution in [3.63, 3.8) is 0 Å². The molecule has 23 heavy (non-hydrogen) atoms. The molecule has 5 nitrogen and oxygen atoms in total. The van der Waals surface area contributed by atoms with Crippen molar-refractivity contribution >= 4 is 0 Å². The van der Waals surface area contributed by atoms with Crippen LogP contribution in [0.4, 0.5) is 0 Å². The van der Waals surface area contributed by atoms with Gasteiger partial charge in [-0.15, -0.1) is 0 Å². The highest BCUT2D eigenvalue weighted by Gasteiger charge is 2.12. The van der Waals surface area contributed by atoms with Crippen LogP contribution in [0.5, 0.6) is 0 Å². The van der Waals surface area contributed by atoms with Gasteiger partial charge in [0.15, 0.2) is 5.69 Å². The monoisotopic (exact) mass is 301 g/mol. The van der Waals surface area contributed by atoms with E-state index >= 15 is 0 Å². The SMILES string of the molecule is Cc1cc(-c2ccc(C#N)cc2)c(C)n1Cc1cc(C#N)n[nH]1. The Morgan fingerprint density at radius 2 is 1.83 bits per heavy atom. The van der Waals surface area contributed by atoms with E-state index in [9.17, 15) is 0 Å². The van der Waals surface area contributed by atoms with Crippen molar-refractivity contribution in [3.05, 3.63) is 64.7 Å². The quantitative estimate of drug-likeness (QED) is 0.806. The second kappa shape index (κ2) is 5.82. The summed E-state index contributed by atoms with van der Waals surface area (Å²) >= 11 is 0. The highest BCUT2D eigenvalue weighted by molar-refractivity contribution is 5.68. The van der Waals surface area contributed by atoms with Gasteiger partial charge in [0, 0.05) is 17.0 Å². The van der Waals surface area contributed by atoms with Crippen molar-refractivity contribution in [1.82, 2.24) is 14.8 Å². The predicted octanol–water partition coefficient (Wildman–Crippen LogP) is 3.29. The highest BCUT2D eigenvalue weighted by atomic mass is 15.1. The Bertz CT molecular complexity index is 929. The van der Waals surface area contributed by atoms with Gasteiger partial charge in [-0.05, 0) is 43.7 Å². The van der Waals surface area contributed by atoms with Gasteiger partial charge in [0.05, 0.1) is 23.9 Å². The highest BCUT2D eigenvalue weighted by Crippen LogP contribution is 2.27. The molecule has 3 rings (SSSR count). The third-order valence-electron chi connectivity index (χ3n) is 3.97. The summed E-state index contributed by atoms with van der Waals surface area (Å²) in [6, 6.07) is 15.7. The van der Waals surface area contributed by atoms with E-state index in [1.54, 1.807) is 6.07 Å². The zero-order chi connectivity index (χ0) is 16.4. The Morgan fingerprint density at radius 1 is 1.09 bits per heavy atom. The number of hydrogen-bond acceptors (Lipinski definition) is 3. The fraction of sp³-hybridized carbons (Fsp3) is 0.167. The van der Waals surface area contributed by atoms with E-state index in [0.29, 0.717) is 17.8 Å². The molecule has 0 fully saturated rings. The predicted molar refractivity (Wildman–Crippen MR) is 86.5 cm³/mol. The number of benzene rings is 1. The standard InChI is InChI=1S/C18H15N5/c1-12-7-18(15-5-3-14(9-19)4-6-15)13(2)23(12)11-17-8-16(10-20)21-22-17/h3-8H,11H2,1-2H3,(H,21,22). The zero-order valence-electron chi connectivity index (χ0n) is 13.0. The average molecular weight is 301 g/mol. The van der Waals surface area contributed by atoms with Crippen LogP contribution in [0.3, 0.4) is 0 Å². The summed E-state index contributed by atoms with van der Waals surface area (Å²) in [5.41, 5.74) is 6.46. The summed E-state index contributed by atoms with van der Waals surface area (Å²) in [5.74, 6) is 0. The minimum Gasteiger partial charge on any atom is -0.343 e. The average Bonchev–Trinajstić information content (AvgIpc) is 3.15. The number of aryl methyl sites for hydroxylation is 1. The van der Waals surface area contributed by atoms with Gasteiger partial charge in [0.25, 0.3) is 0 Å². The summed E-state index contributed by atoms with van der Waals surface area (Å²) in [4.78, 5) is 0. The number of aromatic amines is 1. The van der Waals surface area contributed by atoms with Gasteiger partial charge in [0.1, 0.15) is 6.07 Å². The molecule has 1 aromatic carbocycles. The first-order valence-electron chi connectivity index (χ1n) is 7.24. The van der Waals surface area contributed by atoms with Crippen LogP contribution < -0.4 is 0 Å². The molecule has 0 amide bonds. The molecule has 0 aliphatic heterocycles. The van der Waals surface area contributed by atoms with Crippen LogP contribution in [0.2, 0.25) is 0 Å². The van der Waals surface area contributed by atoms with Crippen molar-refractivity contribution < 1.29 is 0 Å². The van der Waals surface area contributed by atoms with Crippen LogP contribution in [-0.4, -0.2) is 14.8 Å². The number of hydrogen-bond donors (Lipinski definition) is 1. The first-order valence-corrected chi connectivity index (χ1v) is 7.24. The van der Waals surface area contributed by atoms with E-state index in [1.165, 1.54) is 0 Å². The van der Waals surface area contributed by atoms with E-state index in [1.807, 2.05) is 30.3 Å². The third-order valence-corrected chi connectivity index (χ3v) is 3.97. The van der Waals surface area contributed by atoms with E-state index in [4.69, 9.17) is 10.5 Å². The molecule has 0 aliphatic carbocycles. The maximum Gasteiger partial charge on any atom is 0.162 e. The summed E-state index contributed by atoms with van der Waals surface area (Å²) in [7, 11) is 0. The van der Waals surface area contributed by atoms with Crippen LogP contribution in [0.1, 0.15) is 28.3 Å². The van der Waals surface area contributed by atoms with Crippen LogP contribution >= 0.6 is 0 Å². The zero-order valence-corrected chi connectivity index (χ0v) is 13.0. The van der Waals surface area contributed by atoms with E-state index in [0.717, 1.165) is 28.2 Å². The molecular weight excluding hydrogens is 286 g/mol. The lowest BCUT2D eigenvalue weighted by Gasteiger charge is -2.08. The van der Waals surface area contributed by atoms with Crippen LogP contribution in [0.25, 0.3) is 11.1 Å². The Balaban J connectivity index is 1.95. The summed E-state index contributed by atoms with van der Waals surface area (Å²) < 4.78 is 2.18. The van der Waals surface area contributed by atoms with Crippen molar-refractivity contribution in [2.24, 2.45) is 0 Å². The molecule has 0 radical (unpaired) electrons. The molecule has 0 spiro atoms. The lowest BCUT2D eigenvalue weighted by molar-refractivity contribution is 0.727. The number of aromatic nitrogens is 3. The Kier molecular flexibility index (Phi) is 3.70. The van der Waals surface area contributed by atoms with Crippen LogP contribution in [0, 0.1) is 36.5 Å². The van der Waals surface area contributed by atoms with Crippen LogP contribution in [-0.2, 0) is 6.54 Å². The molecule has 0 bridgehead atoms. The normalized spacial score (nSPS) is 10.3. The first-order chi connectivity index (χ1) is 11.1. The van der Waals surface area contributed by atoms with Crippen molar-refractivity contribution in [3.8, 4) is 23.3 Å². The molecule has 2 aromatic heterocycles. The molecule has 0 unspecified atom stereocenters. The Labute approximate surface area is 134 Å². The molecule has 0 atom stereocenters. The minimum atomic E-state index is 0.398. The molecular formula is C18H15N5. The van der Waals surface area contributed by atoms with Crippen molar-refractivity contribution in [2.75, 3.05) is 0 Å². The smallest absolute Gasteiger partial charge is 0.162 e. The number of H-pyrrole nitrogens is 1. The molecule has 0 saturated carbocycles. The fourth-order valence-electron chi connectivity index (χ4n) is 2.73. The number of nitrogens with one attached hydrogen (secondary N) is 1. The number of nitriles is 2. The van der Waals surface area contributed by atoms with Gasteiger partial charge in [-0.3, -0.25) is 5.10 Å². The fourth-order valence-corrected chi connectivity index (χ4v) is 2.73. The molecule has 0 saturated heterocycles. The molecule has 0 aliphatic rings. The van der Waals surface area contributed by atoms with Gasteiger partial charge in [-0.2, -0.15) is 15.6 Å². The second-order valence-corrected chi connectivity index (χ2v) is 5.45. The van der Waals surface area contributed by atoms with E-state index < -0.39 is 0 Å². The van der Waals surface area contributed by atoms with Gasteiger partial charge < -0.3 is 4.57 Å². The largest absolute Gasteiger partial charge is 0.343 e. The van der Waals surface area contributed by atoms with Crippen molar-refractivity contribution in [2.45, 2.75) is 20.4 Å². The molecule has 112 valence electrons. The van der Waals surface area contributed by atoms with E-state index in [-0.39, 0.29) is 0 Å². The van der Waals surface area contributed by atoms with Crippen molar-refractivity contribution in [1.29, 1.82) is 10.5 Å². The molecule has 2 heterocycles. The number of rotatable bonds is 3. The minimum absolute atomic E-state index is 0.398. The number of nitrogens with zero attached hydrogens (tertiary/aromatic N) is 4. The topological polar surface area (TPSA) is 81.2 Å². The summed E-state index contributed by atoms with van der Waals surface area (Å²) in [6.07, 6.45) is 0. The lowest BCUT2D eigenvalue weighted by atomic mass is 10.0. The summed E-state index contributed by atoms with van der Waals surface area (Å²) in [6.45, 7) is 4.77. The first kappa shape index (κ1) is 14.6. The van der Waals surface area contributed by atoms with Crippen LogP contribution in [0.15, 0.2) is 36.4 Å².